The highest BCUT2D eigenvalue weighted by molar-refractivity contribution is 6.00. The lowest BCUT2D eigenvalue weighted by Crippen LogP contribution is -2.42. The van der Waals surface area contributed by atoms with Gasteiger partial charge in [0.2, 0.25) is 0 Å². The lowest BCUT2D eigenvalue weighted by molar-refractivity contribution is -0.173. The van der Waals surface area contributed by atoms with Gasteiger partial charge in [0.15, 0.2) is 5.41 Å². The van der Waals surface area contributed by atoms with E-state index in [-0.39, 0.29) is 13.2 Å². The molecule has 0 spiro atoms. The predicted octanol–water partition coefficient (Wildman–Crippen LogP) is 2.95. The van der Waals surface area contributed by atoms with E-state index < -0.39 is 17.4 Å². The molecule has 0 aliphatic carbocycles. The fraction of sp³-hybridized carbons (Fsp3) is 0.857. The second-order valence-electron chi connectivity index (χ2n) is 4.81. The summed E-state index contributed by atoms with van der Waals surface area (Å²) in [7, 11) is 0. The van der Waals surface area contributed by atoms with Gasteiger partial charge in [0.05, 0.1) is 13.2 Å². The maximum absolute atomic E-state index is 12.1. The maximum atomic E-state index is 12.1. The van der Waals surface area contributed by atoms with E-state index in [0.717, 1.165) is 6.42 Å². The van der Waals surface area contributed by atoms with Crippen molar-refractivity contribution in [1.82, 2.24) is 0 Å². The molecule has 0 N–H and O–H groups in total. The van der Waals surface area contributed by atoms with Crippen LogP contribution in [0.15, 0.2) is 0 Å². The first-order chi connectivity index (χ1) is 8.44. The molecule has 0 aromatic heterocycles. The molecule has 0 saturated heterocycles. The molecule has 0 heterocycles. The van der Waals surface area contributed by atoms with Gasteiger partial charge in [-0.3, -0.25) is 9.59 Å². The molecule has 0 aliphatic heterocycles. The minimum absolute atomic E-state index is 0.279. The van der Waals surface area contributed by atoms with E-state index >= 15 is 0 Å². The standard InChI is InChI=1S/C14H26O4/c1-6-14(10-9-11(4)5,12(15)17-7-2)13(16)18-8-3/h11H,6-10H2,1-5H3. The highest BCUT2D eigenvalue weighted by Gasteiger charge is 2.46. The monoisotopic (exact) mass is 258 g/mol. The van der Waals surface area contributed by atoms with Crippen molar-refractivity contribution in [3.05, 3.63) is 0 Å². The van der Waals surface area contributed by atoms with Gasteiger partial charge >= 0.3 is 11.9 Å². The van der Waals surface area contributed by atoms with Crippen molar-refractivity contribution >= 4 is 11.9 Å². The number of hydrogen-bond donors (Lipinski definition) is 0. The molecule has 0 radical (unpaired) electrons. The molecule has 4 nitrogen and oxygen atoms in total. The van der Waals surface area contributed by atoms with Gasteiger partial charge in [-0.05, 0) is 39.0 Å². The Morgan fingerprint density at radius 3 is 1.72 bits per heavy atom. The van der Waals surface area contributed by atoms with Crippen LogP contribution in [0.3, 0.4) is 0 Å². The fourth-order valence-electron chi connectivity index (χ4n) is 1.83. The molecule has 0 unspecified atom stereocenters. The third-order valence-corrected chi connectivity index (χ3v) is 3.08. The van der Waals surface area contributed by atoms with Crippen molar-refractivity contribution in [3.8, 4) is 0 Å². The summed E-state index contributed by atoms with van der Waals surface area (Å²) in [5, 5.41) is 0. The van der Waals surface area contributed by atoms with Crippen LogP contribution >= 0.6 is 0 Å². The van der Waals surface area contributed by atoms with Crippen LogP contribution in [0.4, 0.5) is 0 Å². The van der Waals surface area contributed by atoms with Crippen LogP contribution < -0.4 is 0 Å². The lowest BCUT2D eigenvalue weighted by Gasteiger charge is -2.28. The quantitative estimate of drug-likeness (QED) is 0.496. The Hall–Kier alpha value is -1.06. The summed E-state index contributed by atoms with van der Waals surface area (Å²) in [6.07, 6.45) is 1.70. The first-order valence-electron chi connectivity index (χ1n) is 6.79. The zero-order valence-electron chi connectivity index (χ0n) is 12.2. The van der Waals surface area contributed by atoms with E-state index in [2.05, 4.69) is 13.8 Å². The predicted molar refractivity (Wildman–Crippen MR) is 70.1 cm³/mol. The van der Waals surface area contributed by atoms with E-state index in [9.17, 15) is 9.59 Å². The van der Waals surface area contributed by atoms with Gasteiger partial charge in [0.25, 0.3) is 0 Å². The number of rotatable bonds is 8. The summed E-state index contributed by atoms with van der Waals surface area (Å²) in [5.41, 5.74) is -1.13. The minimum atomic E-state index is -1.13. The molecular formula is C14H26O4. The van der Waals surface area contributed by atoms with Gasteiger partial charge in [0.1, 0.15) is 0 Å². The van der Waals surface area contributed by atoms with Crippen LogP contribution in [0.2, 0.25) is 0 Å². The lowest BCUT2D eigenvalue weighted by atomic mass is 9.79. The molecule has 18 heavy (non-hydrogen) atoms. The average molecular weight is 258 g/mol. The van der Waals surface area contributed by atoms with Crippen LogP contribution in [0.1, 0.15) is 53.9 Å². The van der Waals surface area contributed by atoms with E-state index in [1.165, 1.54) is 0 Å². The average Bonchev–Trinajstić information content (AvgIpc) is 2.30. The molecule has 0 amide bonds. The Kier molecular flexibility index (Phi) is 7.64. The SMILES string of the molecule is CCOC(=O)C(CC)(CCC(C)C)C(=O)OCC. The Bertz CT molecular complexity index is 253. The molecule has 0 aromatic rings. The van der Waals surface area contributed by atoms with Crippen molar-refractivity contribution in [2.75, 3.05) is 13.2 Å². The minimum Gasteiger partial charge on any atom is -0.465 e. The first kappa shape index (κ1) is 16.9. The largest absolute Gasteiger partial charge is 0.465 e. The topological polar surface area (TPSA) is 52.6 Å². The van der Waals surface area contributed by atoms with E-state index in [0.29, 0.717) is 18.8 Å². The molecule has 106 valence electrons. The van der Waals surface area contributed by atoms with Crippen LogP contribution in [0.25, 0.3) is 0 Å². The maximum Gasteiger partial charge on any atom is 0.323 e. The second-order valence-corrected chi connectivity index (χ2v) is 4.81. The Morgan fingerprint density at radius 2 is 1.44 bits per heavy atom. The van der Waals surface area contributed by atoms with Gasteiger partial charge in [-0.1, -0.05) is 20.8 Å². The van der Waals surface area contributed by atoms with Crippen molar-refractivity contribution in [3.63, 3.8) is 0 Å². The number of ether oxygens (including phenoxy) is 2. The molecule has 0 fully saturated rings. The van der Waals surface area contributed by atoms with Crippen LogP contribution in [-0.4, -0.2) is 25.2 Å². The van der Waals surface area contributed by atoms with E-state index in [1.54, 1.807) is 13.8 Å². The van der Waals surface area contributed by atoms with Gasteiger partial charge in [0, 0.05) is 0 Å². The van der Waals surface area contributed by atoms with Gasteiger partial charge in [-0.2, -0.15) is 0 Å². The number of carbonyl (C=O) groups is 2. The number of esters is 2. The zero-order chi connectivity index (χ0) is 14.2. The number of carbonyl (C=O) groups excluding carboxylic acids is 2. The number of hydrogen-bond acceptors (Lipinski definition) is 4. The Balaban J connectivity index is 5.05. The third-order valence-electron chi connectivity index (χ3n) is 3.08. The molecule has 4 heteroatoms. The summed E-state index contributed by atoms with van der Waals surface area (Å²) in [6, 6.07) is 0. The molecule has 0 atom stereocenters. The molecule has 0 aromatic carbocycles. The summed E-state index contributed by atoms with van der Waals surface area (Å²) in [5.74, 6) is -0.474. The van der Waals surface area contributed by atoms with Crippen molar-refractivity contribution in [1.29, 1.82) is 0 Å². The fourth-order valence-corrected chi connectivity index (χ4v) is 1.83. The summed E-state index contributed by atoms with van der Waals surface area (Å²) in [4.78, 5) is 24.2. The first-order valence-corrected chi connectivity index (χ1v) is 6.79. The third kappa shape index (κ3) is 4.31. The highest BCUT2D eigenvalue weighted by Crippen LogP contribution is 2.33. The molecule has 0 bridgehead atoms. The summed E-state index contributed by atoms with van der Waals surface area (Å²) < 4.78 is 10.1. The molecule has 0 rings (SSSR count). The second kappa shape index (κ2) is 8.11. The Labute approximate surface area is 110 Å². The van der Waals surface area contributed by atoms with Crippen molar-refractivity contribution in [2.24, 2.45) is 11.3 Å². The van der Waals surface area contributed by atoms with Crippen molar-refractivity contribution < 1.29 is 19.1 Å². The van der Waals surface area contributed by atoms with Crippen LogP contribution in [0.5, 0.6) is 0 Å². The Morgan fingerprint density at radius 1 is 1.00 bits per heavy atom. The summed E-state index contributed by atoms with van der Waals surface area (Å²) >= 11 is 0. The van der Waals surface area contributed by atoms with Crippen LogP contribution in [-0.2, 0) is 19.1 Å². The van der Waals surface area contributed by atoms with E-state index in [1.807, 2.05) is 6.92 Å². The zero-order valence-corrected chi connectivity index (χ0v) is 12.2. The van der Waals surface area contributed by atoms with E-state index in [4.69, 9.17) is 9.47 Å². The smallest absolute Gasteiger partial charge is 0.323 e. The van der Waals surface area contributed by atoms with Crippen LogP contribution in [0, 0.1) is 11.3 Å². The van der Waals surface area contributed by atoms with Crippen molar-refractivity contribution in [2.45, 2.75) is 53.9 Å². The summed E-state index contributed by atoms with van der Waals surface area (Å²) in [6.45, 7) is 10.0. The normalized spacial score (nSPS) is 11.4. The molecule has 0 saturated carbocycles. The molecular weight excluding hydrogens is 232 g/mol. The van der Waals surface area contributed by atoms with Gasteiger partial charge < -0.3 is 9.47 Å². The van der Waals surface area contributed by atoms with Gasteiger partial charge in [-0.15, -0.1) is 0 Å². The van der Waals surface area contributed by atoms with Gasteiger partial charge in [-0.25, -0.2) is 0 Å². The molecule has 0 aliphatic rings. The highest BCUT2D eigenvalue weighted by atomic mass is 16.6.